The number of aliphatic hydroxyl groups is 4. The van der Waals surface area contributed by atoms with Crippen molar-refractivity contribution in [1.29, 1.82) is 0 Å². The summed E-state index contributed by atoms with van der Waals surface area (Å²) in [5.41, 5.74) is 0. The van der Waals surface area contributed by atoms with Crippen LogP contribution in [0.15, 0.2) is 24.3 Å². The first kappa shape index (κ1) is 47.2. The summed E-state index contributed by atoms with van der Waals surface area (Å²) >= 11 is 0. The summed E-state index contributed by atoms with van der Waals surface area (Å²) in [4.78, 5) is 25.2. The van der Waals surface area contributed by atoms with E-state index in [0.29, 0.717) is 12.8 Å². The van der Waals surface area contributed by atoms with Gasteiger partial charge in [0.25, 0.3) is 0 Å². The molecule has 51 heavy (non-hydrogen) atoms. The van der Waals surface area contributed by atoms with Gasteiger partial charge in [0.05, 0.1) is 13.2 Å². The van der Waals surface area contributed by atoms with Crippen molar-refractivity contribution in [3.63, 3.8) is 0 Å². The number of carbonyl (C=O) groups excluding carboxylic acids is 2. The first-order chi connectivity index (χ1) is 24.8. The molecule has 0 saturated carbocycles. The number of hydrogen-bond donors (Lipinski definition) is 4. The van der Waals surface area contributed by atoms with Crippen molar-refractivity contribution in [3.8, 4) is 0 Å². The number of hydrogen-bond acceptors (Lipinski definition) is 10. The molecule has 0 aromatic carbocycles. The number of ether oxygens (including phenoxy) is 4. The van der Waals surface area contributed by atoms with E-state index in [2.05, 4.69) is 38.2 Å². The van der Waals surface area contributed by atoms with Crippen LogP contribution in [0.25, 0.3) is 0 Å². The maximum Gasteiger partial charge on any atom is 0.306 e. The number of rotatable bonds is 33. The molecule has 0 spiro atoms. The molecule has 6 unspecified atom stereocenters. The van der Waals surface area contributed by atoms with E-state index >= 15 is 0 Å². The van der Waals surface area contributed by atoms with E-state index in [1.165, 1.54) is 64.2 Å². The Bertz CT molecular complexity index is 892. The molecule has 298 valence electrons. The molecule has 1 fully saturated rings. The van der Waals surface area contributed by atoms with Gasteiger partial charge in [0, 0.05) is 12.8 Å². The molecular formula is C41H74O10. The summed E-state index contributed by atoms with van der Waals surface area (Å²) in [6.07, 6.45) is 26.1. The van der Waals surface area contributed by atoms with Crippen molar-refractivity contribution in [2.45, 2.75) is 205 Å². The zero-order valence-electron chi connectivity index (χ0n) is 32.1. The lowest BCUT2D eigenvalue weighted by Crippen LogP contribution is -2.59. The Morgan fingerprint density at radius 2 is 1.04 bits per heavy atom. The first-order valence-corrected chi connectivity index (χ1v) is 20.4. The molecular weight excluding hydrogens is 652 g/mol. The highest BCUT2D eigenvalue weighted by molar-refractivity contribution is 5.70. The molecule has 1 aliphatic rings. The number of unbranched alkanes of at least 4 members (excludes halogenated alkanes) is 18. The van der Waals surface area contributed by atoms with E-state index in [4.69, 9.17) is 18.9 Å². The van der Waals surface area contributed by atoms with Crippen molar-refractivity contribution in [2.75, 3.05) is 19.8 Å². The number of allylic oxidation sites excluding steroid dienone is 4. The van der Waals surface area contributed by atoms with Gasteiger partial charge in [0.1, 0.15) is 31.0 Å². The molecule has 10 heteroatoms. The minimum absolute atomic E-state index is 0.215. The fourth-order valence-corrected chi connectivity index (χ4v) is 6.00. The highest BCUT2D eigenvalue weighted by Crippen LogP contribution is 2.22. The van der Waals surface area contributed by atoms with E-state index < -0.39 is 55.4 Å². The molecule has 0 aromatic heterocycles. The van der Waals surface area contributed by atoms with Crippen molar-refractivity contribution in [2.24, 2.45) is 0 Å². The molecule has 0 amide bonds. The Kier molecular flexibility index (Phi) is 30.4. The summed E-state index contributed by atoms with van der Waals surface area (Å²) in [7, 11) is 0. The fourth-order valence-electron chi connectivity index (χ4n) is 6.00. The zero-order valence-corrected chi connectivity index (χ0v) is 32.1. The van der Waals surface area contributed by atoms with Crippen molar-refractivity contribution >= 4 is 11.9 Å². The molecule has 0 radical (unpaired) electrons. The summed E-state index contributed by atoms with van der Waals surface area (Å²) in [6.45, 7) is 3.36. The van der Waals surface area contributed by atoms with Crippen LogP contribution in [0, 0.1) is 0 Å². The van der Waals surface area contributed by atoms with E-state index in [-0.39, 0.29) is 26.1 Å². The van der Waals surface area contributed by atoms with Crippen LogP contribution < -0.4 is 0 Å². The average Bonchev–Trinajstić information content (AvgIpc) is 3.13. The third kappa shape index (κ3) is 24.9. The van der Waals surface area contributed by atoms with Gasteiger partial charge in [-0.2, -0.15) is 0 Å². The van der Waals surface area contributed by atoms with Crippen LogP contribution in [0.4, 0.5) is 0 Å². The van der Waals surface area contributed by atoms with Crippen LogP contribution in [0.2, 0.25) is 0 Å². The highest BCUT2D eigenvalue weighted by atomic mass is 16.7. The molecule has 1 rings (SSSR count). The topological polar surface area (TPSA) is 152 Å². The minimum Gasteiger partial charge on any atom is -0.462 e. The molecule has 0 bridgehead atoms. The maximum atomic E-state index is 12.7. The van der Waals surface area contributed by atoms with Crippen LogP contribution in [0.3, 0.4) is 0 Å². The predicted molar refractivity (Wildman–Crippen MR) is 201 cm³/mol. The Hall–Kier alpha value is -1.82. The molecule has 1 saturated heterocycles. The number of esters is 2. The van der Waals surface area contributed by atoms with Crippen molar-refractivity contribution < 1.29 is 49.0 Å². The van der Waals surface area contributed by atoms with Crippen LogP contribution in [-0.2, 0) is 28.5 Å². The molecule has 1 heterocycles. The van der Waals surface area contributed by atoms with Crippen molar-refractivity contribution in [1.82, 2.24) is 0 Å². The van der Waals surface area contributed by atoms with Crippen LogP contribution >= 0.6 is 0 Å². The quantitative estimate of drug-likeness (QED) is 0.0300. The van der Waals surface area contributed by atoms with Crippen LogP contribution in [0.5, 0.6) is 0 Å². The van der Waals surface area contributed by atoms with Gasteiger partial charge < -0.3 is 39.4 Å². The lowest BCUT2D eigenvalue weighted by atomic mass is 9.99. The Morgan fingerprint density at radius 3 is 1.51 bits per heavy atom. The molecule has 10 nitrogen and oxygen atoms in total. The molecule has 6 atom stereocenters. The maximum absolute atomic E-state index is 12.7. The second kappa shape index (κ2) is 32.8. The average molecular weight is 727 g/mol. The van der Waals surface area contributed by atoms with Gasteiger partial charge in [-0.05, 0) is 64.2 Å². The molecule has 4 N–H and O–H groups in total. The van der Waals surface area contributed by atoms with Gasteiger partial charge >= 0.3 is 11.9 Å². The summed E-state index contributed by atoms with van der Waals surface area (Å²) in [5, 5.41) is 39.9. The van der Waals surface area contributed by atoms with Gasteiger partial charge in [-0.25, -0.2) is 0 Å². The first-order valence-electron chi connectivity index (χ1n) is 20.4. The summed E-state index contributed by atoms with van der Waals surface area (Å²) in [5.74, 6) is -0.834. The lowest BCUT2D eigenvalue weighted by molar-refractivity contribution is -0.305. The predicted octanol–water partition coefficient (Wildman–Crippen LogP) is 7.77. The molecule has 0 aromatic rings. The van der Waals surface area contributed by atoms with E-state index in [1.54, 1.807) is 0 Å². The zero-order chi connectivity index (χ0) is 37.4. The Balaban J connectivity index is 2.40. The van der Waals surface area contributed by atoms with Gasteiger partial charge in [-0.1, -0.05) is 115 Å². The van der Waals surface area contributed by atoms with E-state index in [9.17, 15) is 30.0 Å². The van der Waals surface area contributed by atoms with E-state index in [1.807, 2.05) is 0 Å². The van der Waals surface area contributed by atoms with E-state index in [0.717, 1.165) is 64.2 Å². The third-order valence-electron chi connectivity index (χ3n) is 9.31. The summed E-state index contributed by atoms with van der Waals surface area (Å²) in [6, 6.07) is 0. The highest BCUT2D eigenvalue weighted by Gasteiger charge is 2.44. The summed E-state index contributed by atoms with van der Waals surface area (Å²) < 4.78 is 22.1. The van der Waals surface area contributed by atoms with Crippen LogP contribution in [0.1, 0.15) is 168 Å². The molecule has 1 aliphatic heterocycles. The van der Waals surface area contributed by atoms with Gasteiger partial charge in [-0.3, -0.25) is 9.59 Å². The largest absolute Gasteiger partial charge is 0.462 e. The lowest BCUT2D eigenvalue weighted by Gasteiger charge is -2.39. The third-order valence-corrected chi connectivity index (χ3v) is 9.31. The van der Waals surface area contributed by atoms with Crippen molar-refractivity contribution in [3.05, 3.63) is 24.3 Å². The normalized spacial score (nSPS) is 21.4. The fraction of sp³-hybridized carbons (Fsp3) is 0.854. The Morgan fingerprint density at radius 1 is 0.588 bits per heavy atom. The SMILES string of the molecule is CCCCCCC/C=C/CCCCCCC(=O)OCC(COC1OC(CO)C(O)C(O)C1O)OC(=O)CCCCCC/C=C/CCCCCCC. The monoisotopic (exact) mass is 727 g/mol. The smallest absolute Gasteiger partial charge is 0.306 e. The second-order valence-electron chi connectivity index (χ2n) is 14.1. The van der Waals surface area contributed by atoms with Gasteiger partial charge in [0.15, 0.2) is 12.4 Å². The van der Waals surface area contributed by atoms with Gasteiger partial charge in [0.2, 0.25) is 0 Å². The van der Waals surface area contributed by atoms with Gasteiger partial charge in [-0.15, -0.1) is 0 Å². The standard InChI is InChI=1S/C41H74O10/c1-3-5-7-9-11-13-15-17-19-21-23-25-27-29-36(43)48-32-34(33-49-41-40(47)39(46)38(45)35(31-42)51-41)50-37(44)30-28-26-24-22-20-18-16-14-12-10-8-6-4-2/h15-18,34-35,38-42,45-47H,3-14,19-33H2,1-2H3/b17-15+,18-16+. The Labute approximate surface area is 309 Å². The number of aliphatic hydroxyl groups excluding tert-OH is 4. The number of carbonyl (C=O) groups is 2. The minimum atomic E-state index is -1.60. The van der Waals surface area contributed by atoms with Crippen LogP contribution in [-0.4, -0.2) is 89.0 Å². The second-order valence-corrected chi connectivity index (χ2v) is 14.1. The molecule has 0 aliphatic carbocycles.